The van der Waals surface area contributed by atoms with Gasteiger partial charge in [-0.2, -0.15) is 0 Å². The van der Waals surface area contributed by atoms with Gasteiger partial charge in [-0.1, -0.05) is 0 Å². The smallest absolute Gasteiger partial charge is 0.180 e. The minimum Gasteiger partial charge on any atom is -0.375 e. The number of hydrogen-bond acceptors (Lipinski definition) is 4. The predicted molar refractivity (Wildman–Crippen MR) is 51.3 cm³/mol. The van der Waals surface area contributed by atoms with Gasteiger partial charge in [0.25, 0.3) is 0 Å². The molecule has 1 aromatic heterocycles. The highest BCUT2D eigenvalue weighted by atomic mass is 32.1. The van der Waals surface area contributed by atoms with Crippen LogP contribution in [0.15, 0.2) is 6.20 Å². The summed E-state index contributed by atoms with van der Waals surface area (Å²) in [6, 6.07) is 0. The van der Waals surface area contributed by atoms with E-state index in [-0.39, 0.29) is 0 Å². The minimum absolute atomic E-state index is 0.689. The molecule has 1 aliphatic rings. The molecule has 0 bridgehead atoms. The maximum absolute atomic E-state index is 5.53. The highest BCUT2D eigenvalue weighted by molar-refractivity contribution is 7.15. The lowest BCUT2D eigenvalue weighted by Gasteiger charge is -2.30. The van der Waals surface area contributed by atoms with Gasteiger partial charge in [0.1, 0.15) is 0 Å². The molecule has 0 amide bonds. The summed E-state index contributed by atoms with van der Waals surface area (Å²) in [7, 11) is 0. The van der Waals surface area contributed by atoms with Crippen molar-refractivity contribution in [3.8, 4) is 0 Å². The second kappa shape index (κ2) is 3.41. The molecule has 12 heavy (non-hydrogen) atoms. The number of hydrogen-bond donors (Lipinski definition) is 1. The summed E-state index contributed by atoms with van der Waals surface area (Å²) in [6.45, 7) is 3.71. The summed E-state index contributed by atoms with van der Waals surface area (Å²) in [4.78, 5) is 7.78. The van der Waals surface area contributed by atoms with E-state index >= 15 is 0 Å². The van der Waals surface area contributed by atoms with E-state index in [9.17, 15) is 0 Å². The Bertz CT molecular complexity index is 255. The van der Waals surface area contributed by atoms with Crippen LogP contribution < -0.4 is 5.73 Å². The monoisotopic (exact) mass is 183 g/mol. The predicted octanol–water partition coefficient (Wildman–Crippen LogP) is 0.974. The van der Waals surface area contributed by atoms with E-state index in [0.29, 0.717) is 5.13 Å². The third-order valence-corrected chi connectivity index (χ3v) is 3.08. The number of nitrogens with two attached hydrogens (primary N) is 1. The molecular weight excluding hydrogens is 170 g/mol. The molecule has 1 aliphatic heterocycles. The first-order valence-corrected chi connectivity index (χ1v) is 5.09. The molecule has 1 saturated heterocycles. The van der Waals surface area contributed by atoms with Gasteiger partial charge in [0.05, 0.1) is 0 Å². The van der Waals surface area contributed by atoms with Crippen molar-refractivity contribution < 1.29 is 0 Å². The van der Waals surface area contributed by atoms with Crippen LogP contribution in [0.5, 0.6) is 0 Å². The zero-order valence-electron chi connectivity index (χ0n) is 6.99. The quantitative estimate of drug-likeness (QED) is 0.759. The van der Waals surface area contributed by atoms with Crippen molar-refractivity contribution in [3.63, 3.8) is 0 Å². The molecule has 3 nitrogen and oxygen atoms in total. The summed E-state index contributed by atoms with van der Waals surface area (Å²) in [5, 5.41) is 0.689. The Morgan fingerprint density at radius 1 is 1.58 bits per heavy atom. The van der Waals surface area contributed by atoms with E-state index in [2.05, 4.69) is 9.88 Å². The number of rotatable bonds is 3. The lowest BCUT2D eigenvalue weighted by Crippen LogP contribution is -2.38. The lowest BCUT2D eigenvalue weighted by atomic mass is 10.2. The first-order chi connectivity index (χ1) is 5.84. The summed E-state index contributed by atoms with van der Waals surface area (Å²) in [5.41, 5.74) is 5.53. The molecule has 1 aromatic rings. The molecule has 0 atom stereocenters. The molecule has 0 aliphatic carbocycles. The molecule has 0 spiro atoms. The van der Waals surface area contributed by atoms with Crippen molar-refractivity contribution in [1.82, 2.24) is 9.88 Å². The van der Waals surface area contributed by atoms with E-state index in [1.807, 2.05) is 6.20 Å². The Morgan fingerprint density at radius 2 is 2.42 bits per heavy atom. The molecule has 0 unspecified atom stereocenters. The molecule has 66 valence electrons. The average molecular weight is 183 g/mol. The molecular formula is C8H13N3S. The van der Waals surface area contributed by atoms with Gasteiger partial charge in [0, 0.05) is 17.6 Å². The summed E-state index contributed by atoms with van der Waals surface area (Å²) < 4.78 is 0. The van der Waals surface area contributed by atoms with Crippen LogP contribution in [-0.2, 0) is 6.42 Å². The Morgan fingerprint density at radius 3 is 2.92 bits per heavy atom. The van der Waals surface area contributed by atoms with Gasteiger partial charge in [0.15, 0.2) is 5.13 Å². The van der Waals surface area contributed by atoms with Crippen LogP contribution in [0.25, 0.3) is 0 Å². The molecule has 0 saturated carbocycles. The second-order valence-electron chi connectivity index (χ2n) is 3.11. The third kappa shape index (κ3) is 1.76. The van der Waals surface area contributed by atoms with Gasteiger partial charge in [0.2, 0.25) is 0 Å². The summed E-state index contributed by atoms with van der Waals surface area (Å²) in [5.74, 6) is 0. The molecule has 0 aromatic carbocycles. The van der Waals surface area contributed by atoms with Crippen LogP contribution in [0.1, 0.15) is 11.3 Å². The fourth-order valence-corrected chi connectivity index (χ4v) is 1.98. The maximum atomic E-state index is 5.53. The van der Waals surface area contributed by atoms with Gasteiger partial charge in [-0.25, -0.2) is 4.98 Å². The second-order valence-corrected chi connectivity index (χ2v) is 4.26. The van der Waals surface area contributed by atoms with Crippen LogP contribution in [0.4, 0.5) is 5.13 Å². The number of anilines is 1. The number of nitrogen functional groups attached to an aromatic ring is 1. The minimum atomic E-state index is 0.689. The molecule has 2 N–H and O–H groups in total. The number of thiazole rings is 1. The molecule has 1 fully saturated rings. The molecule has 0 radical (unpaired) electrons. The number of aromatic nitrogens is 1. The summed E-state index contributed by atoms with van der Waals surface area (Å²) >= 11 is 1.60. The SMILES string of the molecule is Nc1ncc(CCN2CCC2)s1. The lowest BCUT2D eigenvalue weighted by molar-refractivity contribution is 0.184. The van der Waals surface area contributed by atoms with E-state index in [1.54, 1.807) is 11.3 Å². The van der Waals surface area contributed by atoms with Crippen molar-refractivity contribution in [2.45, 2.75) is 12.8 Å². The van der Waals surface area contributed by atoms with Crippen LogP contribution in [0, 0.1) is 0 Å². The normalized spacial score (nSPS) is 17.7. The van der Waals surface area contributed by atoms with E-state index in [4.69, 9.17) is 5.73 Å². The van der Waals surface area contributed by atoms with Gasteiger partial charge in [-0.05, 0) is 25.9 Å². The van der Waals surface area contributed by atoms with Crippen LogP contribution in [-0.4, -0.2) is 29.5 Å². The Balaban J connectivity index is 1.79. The average Bonchev–Trinajstić information content (AvgIpc) is 2.32. The number of likely N-dealkylation sites (tertiary alicyclic amines) is 1. The zero-order valence-corrected chi connectivity index (χ0v) is 7.81. The topological polar surface area (TPSA) is 42.1 Å². The molecule has 2 heterocycles. The van der Waals surface area contributed by atoms with Gasteiger partial charge < -0.3 is 10.6 Å². The van der Waals surface area contributed by atoms with E-state index < -0.39 is 0 Å². The van der Waals surface area contributed by atoms with Crippen molar-refractivity contribution in [1.29, 1.82) is 0 Å². The molecule has 4 heteroatoms. The largest absolute Gasteiger partial charge is 0.375 e. The molecule has 2 rings (SSSR count). The van der Waals surface area contributed by atoms with Gasteiger partial charge in [-0.15, -0.1) is 11.3 Å². The van der Waals surface area contributed by atoms with Crippen molar-refractivity contribution in [3.05, 3.63) is 11.1 Å². The standard InChI is InChI=1S/C8H13N3S/c9-8-10-6-7(12-8)2-5-11-3-1-4-11/h6H,1-5H2,(H2,9,10). The van der Waals surface area contributed by atoms with Gasteiger partial charge >= 0.3 is 0 Å². The van der Waals surface area contributed by atoms with Crippen molar-refractivity contribution in [2.24, 2.45) is 0 Å². The van der Waals surface area contributed by atoms with Crippen LogP contribution in [0.2, 0.25) is 0 Å². The summed E-state index contributed by atoms with van der Waals surface area (Å²) in [6.07, 6.45) is 4.36. The highest BCUT2D eigenvalue weighted by Gasteiger charge is 2.13. The fourth-order valence-electron chi connectivity index (χ4n) is 1.31. The first-order valence-electron chi connectivity index (χ1n) is 4.27. The third-order valence-electron chi connectivity index (χ3n) is 2.19. The Labute approximate surface area is 76.2 Å². The van der Waals surface area contributed by atoms with Crippen LogP contribution >= 0.6 is 11.3 Å². The van der Waals surface area contributed by atoms with Gasteiger partial charge in [-0.3, -0.25) is 0 Å². The zero-order chi connectivity index (χ0) is 8.39. The fraction of sp³-hybridized carbons (Fsp3) is 0.625. The van der Waals surface area contributed by atoms with E-state index in [0.717, 1.165) is 6.42 Å². The highest BCUT2D eigenvalue weighted by Crippen LogP contribution is 2.16. The van der Waals surface area contributed by atoms with Crippen LogP contribution in [0.3, 0.4) is 0 Å². The van der Waals surface area contributed by atoms with Crippen molar-refractivity contribution in [2.75, 3.05) is 25.4 Å². The number of nitrogens with zero attached hydrogens (tertiary/aromatic N) is 2. The van der Waals surface area contributed by atoms with E-state index in [1.165, 1.54) is 30.9 Å². The Kier molecular flexibility index (Phi) is 2.28. The first kappa shape index (κ1) is 8.01. The Hall–Kier alpha value is -0.610. The van der Waals surface area contributed by atoms with Crippen molar-refractivity contribution >= 4 is 16.5 Å². The maximum Gasteiger partial charge on any atom is 0.180 e.